The highest BCUT2D eigenvalue weighted by molar-refractivity contribution is 5.57. The second-order valence-electron chi connectivity index (χ2n) is 5.60. The minimum atomic E-state index is 0.560. The maximum absolute atomic E-state index is 5.58. The summed E-state index contributed by atoms with van der Waals surface area (Å²) < 4.78 is 5.58. The van der Waals surface area contributed by atoms with Gasteiger partial charge in [-0.1, -0.05) is 13.3 Å². The van der Waals surface area contributed by atoms with Crippen molar-refractivity contribution < 1.29 is 4.74 Å². The van der Waals surface area contributed by atoms with Crippen molar-refractivity contribution in [1.29, 1.82) is 0 Å². The van der Waals surface area contributed by atoms with Gasteiger partial charge in [-0.25, -0.2) is 9.97 Å². The Hall–Kier alpha value is -1.36. The highest BCUT2D eigenvalue weighted by Crippen LogP contribution is 2.39. The van der Waals surface area contributed by atoms with E-state index in [1.165, 1.54) is 19.3 Å². The minimum Gasteiger partial charge on any atom is -0.380 e. The van der Waals surface area contributed by atoms with E-state index in [4.69, 9.17) is 9.72 Å². The molecule has 1 heterocycles. The number of aromatic nitrogens is 2. The topological polar surface area (TPSA) is 59.1 Å². The van der Waals surface area contributed by atoms with Crippen molar-refractivity contribution in [3.05, 3.63) is 11.4 Å². The monoisotopic (exact) mass is 292 g/mol. The fraction of sp³-hybridized carbons (Fsp3) is 0.750. The van der Waals surface area contributed by atoms with E-state index in [1.807, 2.05) is 0 Å². The van der Waals surface area contributed by atoms with Crippen LogP contribution < -0.4 is 10.6 Å². The number of rotatable bonds is 10. The van der Waals surface area contributed by atoms with Crippen molar-refractivity contribution in [1.82, 2.24) is 9.97 Å². The zero-order chi connectivity index (χ0) is 15.1. The third kappa shape index (κ3) is 4.84. The standard InChI is InChI=1S/C16H28N4O/c1-4-6-10-21-11-9-18-15-12(3)14(17-5-2)19-16(20-15)13-7-8-13/h13H,4-11H2,1-3H3,(H2,17,18,19,20). The molecule has 0 bridgehead atoms. The molecule has 118 valence electrons. The Kier molecular flexibility index (Phi) is 6.23. The van der Waals surface area contributed by atoms with Gasteiger partial charge < -0.3 is 15.4 Å². The fourth-order valence-electron chi connectivity index (χ4n) is 2.16. The molecule has 21 heavy (non-hydrogen) atoms. The number of hydrogen-bond acceptors (Lipinski definition) is 5. The average Bonchev–Trinajstić information content (AvgIpc) is 3.31. The van der Waals surface area contributed by atoms with Crippen LogP contribution in [-0.4, -0.2) is 36.3 Å². The first-order valence-corrected chi connectivity index (χ1v) is 8.20. The predicted molar refractivity (Wildman–Crippen MR) is 87.1 cm³/mol. The van der Waals surface area contributed by atoms with Gasteiger partial charge in [-0.05, 0) is 33.1 Å². The molecule has 0 amide bonds. The van der Waals surface area contributed by atoms with Gasteiger partial charge in [0.25, 0.3) is 0 Å². The Morgan fingerprint density at radius 2 is 1.81 bits per heavy atom. The van der Waals surface area contributed by atoms with Gasteiger partial charge in [0.2, 0.25) is 0 Å². The van der Waals surface area contributed by atoms with Gasteiger partial charge >= 0.3 is 0 Å². The van der Waals surface area contributed by atoms with Gasteiger partial charge in [-0.3, -0.25) is 0 Å². The Balaban J connectivity index is 1.93. The molecule has 5 heteroatoms. The lowest BCUT2D eigenvalue weighted by Gasteiger charge is -2.14. The molecule has 0 aromatic carbocycles. The zero-order valence-electron chi connectivity index (χ0n) is 13.5. The summed E-state index contributed by atoms with van der Waals surface area (Å²) in [5.74, 6) is 3.45. The summed E-state index contributed by atoms with van der Waals surface area (Å²) in [5, 5.41) is 6.73. The number of unbranched alkanes of at least 4 members (excludes halogenated alkanes) is 1. The lowest BCUT2D eigenvalue weighted by Crippen LogP contribution is -2.15. The highest BCUT2D eigenvalue weighted by Gasteiger charge is 2.28. The van der Waals surface area contributed by atoms with E-state index in [0.717, 1.165) is 55.7 Å². The normalized spacial score (nSPS) is 14.2. The Morgan fingerprint density at radius 3 is 2.43 bits per heavy atom. The van der Waals surface area contributed by atoms with Crippen molar-refractivity contribution in [2.45, 2.75) is 52.4 Å². The van der Waals surface area contributed by atoms with Crippen LogP contribution in [0.4, 0.5) is 11.6 Å². The van der Waals surface area contributed by atoms with Gasteiger partial charge in [0, 0.05) is 31.2 Å². The van der Waals surface area contributed by atoms with Crippen molar-refractivity contribution in [2.24, 2.45) is 0 Å². The molecule has 0 unspecified atom stereocenters. The highest BCUT2D eigenvalue weighted by atomic mass is 16.5. The van der Waals surface area contributed by atoms with Gasteiger partial charge in [0.1, 0.15) is 17.5 Å². The van der Waals surface area contributed by atoms with Crippen LogP contribution in [0.5, 0.6) is 0 Å². The molecular weight excluding hydrogens is 264 g/mol. The van der Waals surface area contributed by atoms with Gasteiger partial charge in [0.15, 0.2) is 0 Å². The van der Waals surface area contributed by atoms with Crippen LogP contribution in [0.15, 0.2) is 0 Å². The number of nitrogens with one attached hydrogen (secondary N) is 2. The molecule has 2 N–H and O–H groups in total. The molecule has 0 saturated heterocycles. The lowest BCUT2D eigenvalue weighted by atomic mass is 10.2. The summed E-state index contributed by atoms with van der Waals surface area (Å²) in [6.45, 7) is 9.56. The summed E-state index contributed by atoms with van der Waals surface area (Å²) in [6, 6.07) is 0. The summed E-state index contributed by atoms with van der Waals surface area (Å²) in [5.41, 5.74) is 1.09. The van der Waals surface area contributed by atoms with E-state index in [-0.39, 0.29) is 0 Å². The number of hydrogen-bond donors (Lipinski definition) is 2. The summed E-state index contributed by atoms with van der Waals surface area (Å²) in [7, 11) is 0. The van der Waals surface area contributed by atoms with E-state index >= 15 is 0 Å². The molecule has 0 radical (unpaired) electrons. The van der Waals surface area contributed by atoms with Crippen LogP contribution in [0.3, 0.4) is 0 Å². The third-order valence-electron chi connectivity index (χ3n) is 3.63. The smallest absolute Gasteiger partial charge is 0.136 e. The van der Waals surface area contributed by atoms with Crippen LogP contribution >= 0.6 is 0 Å². The number of nitrogens with zero attached hydrogens (tertiary/aromatic N) is 2. The van der Waals surface area contributed by atoms with E-state index in [0.29, 0.717) is 5.92 Å². The maximum atomic E-state index is 5.58. The second kappa shape index (κ2) is 8.17. The van der Waals surface area contributed by atoms with Crippen LogP contribution in [0.25, 0.3) is 0 Å². The van der Waals surface area contributed by atoms with Gasteiger partial charge in [-0.2, -0.15) is 0 Å². The van der Waals surface area contributed by atoms with Crippen LogP contribution in [0.1, 0.15) is 56.8 Å². The SMILES string of the molecule is CCCCOCCNc1nc(C2CC2)nc(NCC)c1C. The molecule has 1 aromatic heterocycles. The number of ether oxygens (including phenoxy) is 1. The quantitative estimate of drug-likeness (QED) is 0.648. The molecule has 2 rings (SSSR count). The van der Waals surface area contributed by atoms with Crippen molar-refractivity contribution in [2.75, 3.05) is 36.9 Å². The molecule has 1 saturated carbocycles. The van der Waals surface area contributed by atoms with Gasteiger partial charge in [0.05, 0.1) is 6.61 Å². The largest absolute Gasteiger partial charge is 0.380 e. The van der Waals surface area contributed by atoms with Crippen LogP contribution in [0.2, 0.25) is 0 Å². The minimum absolute atomic E-state index is 0.560. The molecule has 5 nitrogen and oxygen atoms in total. The molecule has 0 spiro atoms. The first kappa shape index (κ1) is 16.0. The molecule has 1 aromatic rings. The predicted octanol–water partition coefficient (Wildman–Crippen LogP) is 3.32. The Labute approximate surface area is 127 Å². The molecule has 0 aliphatic heterocycles. The molecule has 1 aliphatic rings. The Morgan fingerprint density at radius 1 is 1.10 bits per heavy atom. The van der Waals surface area contributed by atoms with Crippen molar-refractivity contribution in [3.63, 3.8) is 0 Å². The molecular formula is C16H28N4O. The number of anilines is 2. The summed E-state index contributed by atoms with van der Waals surface area (Å²) in [6.07, 6.45) is 4.74. The van der Waals surface area contributed by atoms with Crippen LogP contribution in [-0.2, 0) is 4.74 Å². The van der Waals surface area contributed by atoms with Crippen LogP contribution in [0, 0.1) is 6.92 Å². The summed E-state index contributed by atoms with van der Waals surface area (Å²) >= 11 is 0. The maximum Gasteiger partial charge on any atom is 0.136 e. The van der Waals surface area contributed by atoms with E-state index in [2.05, 4.69) is 36.4 Å². The first-order valence-electron chi connectivity index (χ1n) is 8.20. The van der Waals surface area contributed by atoms with E-state index in [1.54, 1.807) is 0 Å². The summed E-state index contributed by atoms with van der Waals surface area (Å²) in [4.78, 5) is 9.35. The second-order valence-corrected chi connectivity index (χ2v) is 5.60. The van der Waals surface area contributed by atoms with Crippen molar-refractivity contribution >= 4 is 11.6 Å². The van der Waals surface area contributed by atoms with E-state index in [9.17, 15) is 0 Å². The molecule has 1 aliphatic carbocycles. The zero-order valence-corrected chi connectivity index (χ0v) is 13.5. The van der Waals surface area contributed by atoms with E-state index < -0.39 is 0 Å². The molecule has 1 fully saturated rings. The fourth-order valence-corrected chi connectivity index (χ4v) is 2.16. The van der Waals surface area contributed by atoms with Crippen molar-refractivity contribution in [3.8, 4) is 0 Å². The van der Waals surface area contributed by atoms with Gasteiger partial charge in [-0.15, -0.1) is 0 Å². The Bertz CT molecular complexity index is 446. The third-order valence-corrected chi connectivity index (χ3v) is 3.63. The average molecular weight is 292 g/mol. The first-order chi connectivity index (χ1) is 10.3. The lowest BCUT2D eigenvalue weighted by molar-refractivity contribution is 0.141. The molecule has 0 atom stereocenters.